The molecule has 1 radical (unpaired) electrons. The lowest BCUT2D eigenvalue weighted by molar-refractivity contribution is 0.192. The molecule has 73 valence electrons. The lowest BCUT2D eigenvalue weighted by Gasteiger charge is -2.31. The van der Waals surface area contributed by atoms with Crippen LogP contribution in [0.4, 0.5) is 0 Å². The molecule has 0 unspecified atom stereocenters. The topological polar surface area (TPSA) is 27.0 Å². The number of likely N-dealkylation sites (tertiary alicyclic amines) is 1. The highest BCUT2D eigenvalue weighted by Crippen LogP contribution is 2.20. The van der Waals surface area contributed by atoms with Gasteiger partial charge in [-0.05, 0) is 37.8 Å². The third-order valence-corrected chi connectivity index (χ3v) is 2.63. The number of rotatable bonds is 3. The quantitative estimate of drug-likeness (QED) is 0.664. The maximum absolute atomic E-state index is 8.56. The van der Waals surface area contributed by atoms with Gasteiger partial charge in [0.1, 0.15) is 0 Å². The second-order valence-electron chi connectivity index (χ2n) is 4.29. The van der Waals surface area contributed by atoms with Crippen molar-refractivity contribution in [2.45, 2.75) is 33.1 Å². The van der Waals surface area contributed by atoms with Crippen LogP contribution in [0.3, 0.4) is 0 Å². The summed E-state index contributed by atoms with van der Waals surface area (Å²) < 4.78 is 0. The van der Waals surface area contributed by atoms with Crippen molar-refractivity contribution in [1.82, 2.24) is 4.90 Å². The fraction of sp³-hybridized carbons (Fsp3) is 0.818. The Morgan fingerprint density at radius 2 is 2.00 bits per heavy atom. The predicted octanol–water partition coefficient (Wildman–Crippen LogP) is 2.23. The first-order valence-corrected chi connectivity index (χ1v) is 5.10. The first kappa shape index (κ1) is 10.5. The van der Waals surface area contributed by atoms with Crippen LogP contribution in [0.1, 0.15) is 33.1 Å². The molecule has 2 heteroatoms. The van der Waals surface area contributed by atoms with E-state index in [-0.39, 0.29) is 0 Å². The number of nitrogens with zero attached hydrogens (tertiary/aromatic N) is 2. The molecule has 0 aromatic heterocycles. The highest BCUT2D eigenvalue weighted by molar-refractivity contribution is 4.86. The van der Waals surface area contributed by atoms with Crippen LogP contribution in [0.15, 0.2) is 0 Å². The van der Waals surface area contributed by atoms with Crippen LogP contribution < -0.4 is 0 Å². The normalized spacial score (nSPS) is 20.5. The van der Waals surface area contributed by atoms with E-state index in [0.29, 0.717) is 5.92 Å². The summed E-state index contributed by atoms with van der Waals surface area (Å²) in [6.45, 7) is 7.86. The molecule has 0 bridgehead atoms. The molecular weight excluding hydrogens is 160 g/mol. The molecule has 13 heavy (non-hydrogen) atoms. The number of nitriles is 1. The van der Waals surface area contributed by atoms with Crippen LogP contribution in [0, 0.1) is 23.2 Å². The third kappa shape index (κ3) is 3.78. The van der Waals surface area contributed by atoms with Crippen LogP contribution in [0.5, 0.6) is 0 Å². The maximum Gasteiger partial charge on any atom is 0.0624 e. The van der Waals surface area contributed by atoms with E-state index in [1.54, 1.807) is 0 Å². The van der Waals surface area contributed by atoms with E-state index in [9.17, 15) is 0 Å². The molecule has 0 spiro atoms. The average molecular weight is 179 g/mol. The largest absolute Gasteiger partial charge is 0.303 e. The summed E-state index contributed by atoms with van der Waals surface area (Å²) in [6, 6.07) is 2.27. The molecule has 0 aromatic rings. The van der Waals surface area contributed by atoms with Crippen LogP contribution >= 0.6 is 0 Å². The van der Waals surface area contributed by atoms with Gasteiger partial charge in [0.05, 0.1) is 6.07 Å². The van der Waals surface area contributed by atoms with Crippen LogP contribution in [-0.2, 0) is 0 Å². The van der Waals surface area contributed by atoms with E-state index in [0.717, 1.165) is 13.0 Å². The van der Waals surface area contributed by atoms with E-state index in [1.165, 1.54) is 31.8 Å². The minimum atomic E-state index is 0.665. The molecule has 0 N–H and O–H groups in total. The average Bonchev–Trinajstić information content (AvgIpc) is 2.08. The molecule has 0 aliphatic carbocycles. The monoisotopic (exact) mass is 179 g/mol. The van der Waals surface area contributed by atoms with Crippen LogP contribution in [-0.4, -0.2) is 24.5 Å². The van der Waals surface area contributed by atoms with Crippen LogP contribution in [0.25, 0.3) is 0 Å². The Bertz CT molecular complexity index is 173. The minimum absolute atomic E-state index is 0.665. The van der Waals surface area contributed by atoms with Crippen molar-refractivity contribution in [1.29, 1.82) is 5.26 Å². The Balaban J connectivity index is 2.19. The second-order valence-corrected chi connectivity index (χ2v) is 4.29. The molecule has 0 atom stereocenters. The summed E-state index contributed by atoms with van der Waals surface area (Å²) in [5.74, 6) is 2.15. The maximum atomic E-state index is 8.56. The Hall–Kier alpha value is -0.550. The van der Waals surface area contributed by atoms with Gasteiger partial charge in [-0.3, -0.25) is 0 Å². The van der Waals surface area contributed by atoms with E-state index >= 15 is 0 Å². The number of piperidine rings is 1. The fourth-order valence-electron chi connectivity index (χ4n) is 1.92. The summed E-state index contributed by atoms with van der Waals surface area (Å²) in [4.78, 5) is 2.49. The van der Waals surface area contributed by atoms with Gasteiger partial charge in [-0.2, -0.15) is 5.26 Å². The van der Waals surface area contributed by atoms with Gasteiger partial charge in [-0.1, -0.05) is 13.8 Å². The lowest BCUT2D eigenvalue weighted by Crippen LogP contribution is -2.35. The molecule has 2 nitrogen and oxygen atoms in total. The van der Waals surface area contributed by atoms with Crippen molar-refractivity contribution < 1.29 is 0 Å². The van der Waals surface area contributed by atoms with Gasteiger partial charge in [0.25, 0.3) is 0 Å². The molecule has 1 fully saturated rings. The highest BCUT2D eigenvalue weighted by atomic mass is 15.1. The molecule has 1 aliphatic rings. The summed E-state index contributed by atoms with van der Waals surface area (Å²) >= 11 is 0. The van der Waals surface area contributed by atoms with E-state index in [4.69, 9.17) is 5.26 Å². The fourth-order valence-corrected chi connectivity index (χ4v) is 1.92. The smallest absolute Gasteiger partial charge is 0.0624 e. The third-order valence-electron chi connectivity index (χ3n) is 2.63. The van der Waals surface area contributed by atoms with E-state index in [2.05, 4.69) is 24.8 Å². The molecule has 1 aliphatic heterocycles. The van der Waals surface area contributed by atoms with E-state index in [1.807, 2.05) is 0 Å². The summed E-state index contributed by atoms with van der Waals surface area (Å²) in [6.07, 6.45) is 3.17. The first-order valence-electron chi connectivity index (χ1n) is 5.10. The minimum Gasteiger partial charge on any atom is -0.303 e. The molecular formula is C11H19N2. The molecule has 1 heterocycles. The van der Waals surface area contributed by atoms with Gasteiger partial charge < -0.3 is 4.90 Å². The van der Waals surface area contributed by atoms with Crippen LogP contribution in [0.2, 0.25) is 0 Å². The summed E-state index contributed by atoms with van der Waals surface area (Å²) in [5, 5.41) is 8.56. The second kappa shape index (κ2) is 5.24. The summed E-state index contributed by atoms with van der Waals surface area (Å²) in [7, 11) is 0. The van der Waals surface area contributed by atoms with Crippen molar-refractivity contribution in [2.24, 2.45) is 5.92 Å². The number of hydrogen-bond acceptors (Lipinski definition) is 2. The van der Waals surface area contributed by atoms with Gasteiger partial charge in [0.15, 0.2) is 0 Å². The molecule has 1 rings (SSSR count). The van der Waals surface area contributed by atoms with Gasteiger partial charge in [-0.25, -0.2) is 0 Å². The van der Waals surface area contributed by atoms with Crippen molar-refractivity contribution in [3.63, 3.8) is 0 Å². The zero-order valence-corrected chi connectivity index (χ0v) is 8.71. The first-order chi connectivity index (χ1) is 6.22. The molecule has 0 saturated carbocycles. The zero-order chi connectivity index (χ0) is 9.68. The van der Waals surface area contributed by atoms with Gasteiger partial charge >= 0.3 is 0 Å². The Morgan fingerprint density at radius 3 is 2.46 bits per heavy atom. The SMILES string of the molecule is C[C](C)CN1CCC(CC#N)CC1. The van der Waals surface area contributed by atoms with Crippen molar-refractivity contribution in [2.75, 3.05) is 19.6 Å². The predicted molar refractivity (Wildman–Crippen MR) is 54.0 cm³/mol. The van der Waals surface area contributed by atoms with E-state index < -0.39 is 0 Å². The van der Waals surface area contributed by atoms with Gasteiger partial charge in [-0.15, -0.1) is 0 Å². The Kier molecular flexibility index (Phi) is 4.24. The molecule has 0 aromatic carbocycles. The Morgan fingerprint density at radius 1 is 1.38 bits per heavy atom. The zero-order valence-electron chi connectivity index (χ0n) is 8.71. The van der Waals surface area contributed by atoms with Crippen molar-refractivity contribution >= 4 is 0 Å². The summed E-state index contributed by atoms with van der Waals surface area (Å²) in [5.41, 5.74) is 0. The van der Waals surface area contributed by atoms with Gasteiger partial charge in [0.2, 0.25) is 0 Å². The Labute approximate surface area is 81.5 Å². The molecule has 0 amide bonds. The lowest BCUT2D eigenvalue weighted by atomic mass is 9.94. The van der Waals surface area contributed by atoms with Crippen molar-refractivity contribution in [3.8, 4) is 6.07 Å². The highest BCUT2D eigenvalue weighted by Gasteiger charge is 2.18. The van der Waals surface area contributed by atoms with Crippen molar-refractivity contribution in [3.05, 3.63) is 5.92 Å². The number of hydrogen-bond donors (Lipinski definition) is 0. The standard InChI is InChI=1S/C11H19N2/c1-10(2)9-13-7-4-11(3-6-12)5-8-13/h11H,3-5,7-9H2,1-2H3. The van der Waals surface area contributed by atoms with Gasteiger partial charge in [0, 0.05) is 13.0 Å². The molecule has 1 saturated heterocycles.